The molecule has 2 amide bonds. The average Bonchev–Trinajstić information content (AvgIpc) is 3.11. The fourth-order valence-electron chi connectivity index (χ4n) is 3.47. The lowest BCUT2D eigenvalue weighted by Gasteiger charge is -2.52. The van der Waals surface area contributed by atoms with Gasteiger partial charge in [-0.05, 0) is 10.4 Å². The average molecular weight is 366 g/mol. The van der Waals surface area contributed by atoms with E-state index in [1.54, 1.807) is 7.05 Å². The molecule has 0 spiro atoms. The van der Waals surface area contributed by atoms with Crippen LogP contribution in [0.15, 0.2) is 16.4 Å². The molecule has 0 bridgehead atoms. The molecule has 1 aromatic heterocycles. The molecule has 0 aliphatic carbocycles. The minimum absolute atomic E-state index is 0.0344. The third-order valence-corrected chi connectivity index (χ3v) is 5.64. The van der Waals surface area contributed by atoms with Crippen LogP contribution in [-0.2, 0) is 26.2 Å². The number of rotatable bonds is 4. The Morgan fingerprint density at radius 2 is 2.20 bits per heavy atom. The maximum atomic E-state index is 12.5. The van der Waals surface area contributed by atoms with Gasteiger partial charge >= 0.3 is 5.97 Å². The molecule has 4 heterocycles. The molecule has 3 atom stereocenters. The number of nitrogens with zero attached hydrogens (tertiary/aromatic N) is 6. The minimum Gasteiger partial charge on any atom is -0.477 e. The number of tetrazole rings is 1. The predicted octanol–water partition coefficient (Wildman–Crippen LogP) is -1.56. The molecule has 0 aromatic carbocycles. The molecule has 0 saturated carbocycles. The van der Waals surface area contributed by atoms with Gasteiger partial charge < -0.3 is 14.7 Å². The normalized spacial score (nSPS) is 27.4. The Morgan fingerprint density at radius 3 is 2.80 bits per heavy atom. The first-order valence-corrected chi connectivity index (χ1v) is 8.43. The summed E-state index contributed by atoms with van der Waals surface area (Å²) in [7, 11) is 1.68. The Labute approximate surface area is 145 Å². The van der Waals surface area contributed by atoms with Crippen molar-refractivity contribution in [2.45, 2.75) is 30.3 Å². The summed E-state index contributed by atoms with van der Waals surface area (Å²) in [6.45, 7) is 1.32. The highest BCUT2D eigenvalue weighted by molar-refractivity contribution is 7.99. The van der Waals surface area contributed by atoms with Crippen molar-refractivity contribution in [3.63, 3.8) is 0 Å². The van der Waals surface area contributed by atoms with Crippen LogP contribution in [0.2, 0.25) is 0 Å². The fourth-order valence-corrected chi connectivity index (χ4v) is 4.37. The highest BCUT2D eigenvalue weighted by Crippen LogP contribution is 2.46. The summed E-state index contributed by atoms with van der Waals surface area (Å²) < 4.78 is 7.21. The number of carbonyl (C=O) groups is 3. The Kier molecular flexibility index (Phi) is 3.54. The Bertz CT molecular complexity index is 822. The topological polar surface area (TPSA) is 131 Å². The Morgan fingerprint density at radius 1 is 1.44 bits per heavy atom. The van der Waals surface area contributed by atoms with Crippen molar-refractivity contribution >= 4 is 29.5 Å². The summed E-state index contributed by atoms with van der Waals surface area (Å²) in [4.78, 5) is 38.5. The molecule has 3 aliphatic rings. The van der Waals surface area contributed by atoms with Gasteiger partial charge in [0.15, 0.2) is 0 Å². The van der Waals surface area contributed by atoms with Crippen molar-refractivity contribution in [2.24, 2.45) is 7.05 Å². The van der Waals surface area contributed by atoms with E-state index in [1.165, 1.54) is 33.2 Å². The lowest BCUT2D eigenvalue weighted by Crippen LogP contribution is -2.75. The molecule has 0 radical (unpaired) electrons. The monoisotopic (exact) mass is 366 g/mol. The number of hydrogen-bond acceptors (Lipinski definition) is 8. The zero-order valence-electron chi connectivity index (χ0n) is 13.3. The molecule has 1 N–H and O–H groups in total. The molecule has 1 unspecified atom stereocenters. The summed E-state index contributed by atoms with van der Waals surface area (Å²) in [5.74, 6) is -1.58. The van der Waals surface area contributed by atoms with Crippen LogP contribution in [0.1, 0.15) is 6.92 Å². The maximum Gasteiger partial charge on any atom is 0.352 e. The summed E-state index contributed by atoms with van der Waals surface area (Å²) >= 11 is 1.26. The largest absolute Gasteiger partial charge is 0.477 e. The quantitative estimate of drug-likeness (QED) is 0.496. The molecule has 2 fully saturated rings. The van der Waals surface area contributed by atoms with E-state index in [-0.39, 0.29) is 30.0 Å². The molecular weight excluding hydrogens is 352 g/mol. The number of aromatic nitrogens is 4. The number of carboxylic acid groups (broad SMARTS) is 1. The van der Waals surface area contributed by atoms with E-state index < -0.39 is 24.2 Å². The standard InChI is InChI=1S/C13H14N6O5S/c1-5(20)18-4-24-10-6(3-25-13-14-15-16-17(13)2)7(12(22)23)19-8(10)9(18)11(19)21/h8-10H,3-4H2,1-2H3,(H,22,23)/t8-,9-,10?/m0/s1. The van der Waals surface area contributed by atoms with E-state index in [9.17, 15) is 19.5 Å². The first-order chi connectivity index (χ1) is 11.9. The van der Waals surface area contributed by atoms with Crippen LogP contribution in [0.5, 0.6) is 0 Å². The summed E-state index contributed by atoms with van der Waals surface area (Å²) in [6, 6.07) is -1.14. The summed E-state index contributed by atoms with van der Waals surface area (Å²) in [5, 5.41) is 21.2. The van der Waals surface area contributed by atoms with Gasteiger partial charge in [0.25, 0.3) is 5.91 Å². The highest BCUT2D eigenvalue weighted by atomic mass is 32.2. The van der Waals surface area contributed by atoms with Crippen molar-refractivity contribution in [2.75, 3.05) is 12.5 Å². The van der Waals surface area contributed by atoms with Crippen LogP contribution < -0.4 is 0 Å². The molecule has 12 heteroatoms. The third-order valence-electron chi connectivity index (χ3n) is 4.58. The number of amides is 2. The first kappa shape index (κ1) is 16.0. The first-order valence-electron chi connectivity index (χ1n) is 7.45. The van der Waals surface area contributed by atoms with Gasteiger partial charge in [-0.2, -0.15) is 0 Å². The van der Waals surface area contributed by atoms with Gasteiger partial charge in [-0.25, -0.2) is 9.48 Å². The van der Waals surface area contributed by atoms with Gasteiger partial charge in [-0.3, -0.25) is 14.5 Å². The maximum absolute atomic E-state index is 12.5. The van der Waals surface area contributed by atoms with Crippen molar-refractivity contribution in [1.82, 2.24) is 30.0 Å². The molecule has 4 rings (SSSR count). The van der Waals surface area contributed by atoms with E-state index in [0.717, 1.165) is 0 Å². The fraction of sp³-hybridized carbons (Fsp3) is 0.538. The second-order valence-corrected chi connectivity index (χ2v) is 6.84. The van der Waals surface area contributed by atoms with E-state index in [0.29, 0.717) is 10.7 Å². The van der Waals surface area contributed by atoms with E-state index >= 15 is 0 Å². The zero-order valence-corrected chi connectivity index (χ0v) is 14.1. The molecular formula is C13H14N6O5S. The van der Waals surface area contributed by atoms with Crippen molar-refractivity contribution in [1.29, 1.82) is 0 Å². The molecule has 11 nitrogen and oxygen atoms in total. The number of aryl methyl sites for hydroxylation is 1. The van der Waals surface area contributed by atoms with Gasteiger partial charge in [0.1, 0.15) is 24.6 Å². The van der Waals surface area contributed by atoms with Crippen LogP contribution in [0, 0.1) is 0 Å². The lowest BCUT2D eigenvalue weighted by molar-refractivity contribution is -0.192. The predicted molar refractivity (Wildman–Crippen MR) is 80.9 cm³/mol. The summed E-state index contributed by atoms with van der Waals surface area (Å²) in [6.07, 6.45) is -0.543. The van der Waals surface area contributed by atoms with Gasteiger partial charge in [0, 0.05) is 25.3 Å². The smallest absolute Gasteiger partial charge is 0.352 e. The minimum atomic E-state index is -1.19. The lowest BCUT2D eigenvalue weighted by atomic mass is 9.89. The second kappa shape index (κ2) is 5.52. The molecule has 132 valence electrons. The molecule has 2 saturated heterocycles. The number of β-lactam (4-membered cyclic amide) rings is 1. The number of thioether (sulfide) groups is 1. The molecule has 3 aliphatic heterocycles. The second-order valence-electron chi connectivity index (χ2n) is 5.90. The summed E-state index contributed by atoms with van der Waals surface area (Å²) in [5.41, 5.74) is 0.439. The van der Waals surface area contributed by atoms with Crippen LogP contribution in [0.25, 0.3) is 0 Å². The van der Waals surface area contributed by atoms with Crippen LogP contribution in [-0.4, -0.2) is 83.6 Å². The third kappa shape index (κ3) is 2.17. The van der Waals surface area contributed by atoms with Crippen LogP contribution in [0.4, 0.5) is 0 Å². The zero-order chi connectivity index (χ0) is 17.9. The number of aliphatic carboxylic acids is 1. The van der Waals surface area contributed by atoms with Crippen LogP contribution in [0.3, 0.4) is 0 Å². The highest BCUT2D eigenvalue weighted by Gasteiger charge is 2.64. The van der Waals surface area contributed by atoms with Crippen molar-refractivity contribution in [3.8, 4) is 0 Å². The molecule has 1 aromatic rings. The van der Waals surface area contributed by atoms with Gasteiger partial charge in [-0.15, -0.1) is 5.10 Å². The Balaban J connectivity index is 1.64. The van der Waals surface area contributed by atoms with E-state index in [1.807, 2.05) is 0 Å². The van der Waals surface area contributed by atoms with Crippen LogP contribution >= 0.6 is 11.8 Å². The van der Waals surface area contributed by atoms with Gasteiger partial charge in [0.2, 0.25) is 11.1 Å². The number of carboxylic acids is 1. The van der Waals surface area contributed by atoms with Gasteiger partial charge in [0.05, 0.1) is 6.04 Å². The van der Waals surface area contributed by atoms with E-state index in [4.69, 9.17) is 4.74 Å². The SMILES string of the molecule is CC(=O)N1COC2C(CSc3nnnn3C)=C(C(=O)O)N3C(=O)[C@@H]1[C@@H]23. The van der Waals surface area contributed by atoms with Crippen molar-refractivity contribution in [3.05, 3.63) is 11.3 Å². The Hall–Kier alpha value is -2.47. The number of hydrogen-bond donors (Lipinski definition) is 1. The number of ether oxygens (including phenoxy) is 1. The van der Waals surface area contributed by atoms with E-state index in [2.05, 4.69) is 15.5 Å². The number of carbonyl (C=O) groups excluding carboxylic acids is 2. The molecule has 25 heavy (non-hydrogen) atoms. The van der Waals surface area contributed by atoms with Crippen molar-refractivity contribution < 1.29 is 24.2 Å². The van der Waals surface area contributed by atoms with Gasteiger partial charge in [-0.1, -0.05) is 11.8 Å².